The van der Waals surface area contributed by atoms with Gasteiger partial charge in [0.25, 0.3) is 0 Å². The van der Waals surface area contributed by atoms with Crippen molar-refractivity contribution < 1.29 is 19.1 Å². The lowest BCUT2D eigenvalue weighted by Crippen LogP contribution is -2.58. The summed E-state index contributed by atoms with van der Waals surface area (Å²) < 4.78 is 15.9. The van der Waals surface area contributed by atoms with Crippen molar-refractivity contribution >= 4 is 40.7 Å². The highest BCUT2D eigenvalue weighted by Gasteiger charge is 2.71. The number of anilines is 1. The maximum Gasteiger partial charge on any atom is 0.238 e. The predicted molar refractivity (Wildman–Crippen MR) is 147 cm³/mol. The van der Waals surface area contributed by atoms with E-state index < -0.39 is 40.2 Å². The summed E-state index contributed by atoms with van der Waals surface area (Å²) >= 11 is 12.6. The molecule has 1 aliphatic carbocycles. The van der Waals surface area contributed by atoms with E-state index in [4.69, 9.17) is 23.2 Å². The molecule has 6 nitrogen and oxygen atoms in total. The van der Waals surface area contributed by atoms with Crippen LogP contribution >= 0.6 is 23.2 Å². The molecule has 2 amide bonds. The number of fused-ring (bicyclic) bond motifs is 2. The lowest BCUT2D eigenvalue weighted by atomic mass is 9.59. The van der Waals surface area contributed by atoms with Gasteiger partial charge in [-0.3, -0.25) is 14.5 Å². The minimum atomic E-state index is -1.30. The van der Waals surface area contributed by atoms with E-state index in [2.05, 4.69) is 10.6 Å². The second-order valence-corrected chi connectivity index (χ2v) is 13.1. The van der Waals surface area contributed by atoms with Gasteiger partial charge in [-0.05, 0) is 61.1 Å². The fourth-order valence-corrected chi connectivity index (χ4v) is 7.72. The van der Waals surface area contributed by atoms with Crippen LogP contribution in [0.3, 0.4) is 0 Å². The third kappa shape index (κ3) is 4.05. The van der Waals surface area contributed by atoms with Gasteiger partial charge < -0.3 is 15.7 Å². The number of hydrogen-bond acceptors (Lipinski definition) is 4. The molecule has 0 radical (unpaired) electrons. The van der Waals surface area contributed by atoms with Gasteiger partial charge in [0.2, 0.25) is 11.8 Å². The van der Waals surface area contributed by atoms with E-state index >= 15 is 4.39 Å². The minimum absolute atomic E-state index is 0.0659. The number of likely N-dealkylation sites (N-methyl/N-ethyl adjacent to an activating group) is 1. The van der Waals surface area contributed by atoms with Crippen LogP contribution in [0.5, 0.6) is 0 Å². The number of amides is 2. The maximum atomic E-state index is 15.9. The molecule has 1 saturated carbocycles. The molecule has 5 rings (SSSR count). The Morgan fingerprint density at radius 1 is 1.24 bits per heavy atom. The van der Waals surface area contributed by atoms with Crippen LogP contribution in [0.25, 0.3) is 0 Å². The summed E-state index contributed by atoms with van der Waals surface area (Å²) in [6.07, 6.45) is 0.868. The molecule has 4 atom stereocenters. The molecular formula is C29H34Cl2FN3O3. The number of nitrogens with zero attached hydrogens (tertiary/aromatic N) is 1. The second-order valence-electron chi connectivity index (χ2n) is 12.3. The second kappa shape index (κ2) is 9.19. The van der Waals surface area contributed by atoms with E-state index in [1.807, 2.05) is 38.7 Å². The first-order chi connectivity index (χ1) is 17.7. The topological polar surface area (TPSA) is 81.7 Å². The molecule has 2 heterocycles. The normalized spacial score (nSPS) is 32.7. The molecule has 2 aliphatic heterocycles. The number of carbonyl (C=O) groups is 2. The fourth-order valence-electron chi connectivity index (χ4n) is 7.37. The number of hydrogen-bond donors (Lipinski definition) is 3. The molecule has 0 aromatic heterocycles. The number of nitrogens with one attached hydrogen (secondary N) is 2. The smallest absolute Gasteiger partial charge is 0.238 e. The van der Waals surface area contributed by atoms with Crippen molar-refractivity contribution in [2.75, 3.05) is 11.9 Å². The molecule has 204 valence electrons. The van der Waals surface area contributed by atoms with Crippen LogP contribution in [-0.4, -0.2) is 52.1 Å². The number of likely N-dealkylation sites (tertiary alicyclic amines) is 1. The van der Waals surface area contributed by atoms with Crippen LogP contribution in [-0.2, 0) is 15.0 Å². The van der Waals surface area contributed by atoms with Crippen LogP contribution in [0.4, 0.5) is 10.1 Å². The largest absolute Gasteiger partial charge is 0.390 e. The van der Waals surface area contributed by atoms with E-state index in [-0.39, 0.29) is 28.4 Å². The van der Waals surface area contributed by atoms with Gasteiger partial charge in [0.1, 0.15) is 11.2 Å². The molecule has 3 aliphatic rings. The predicted octanol–water partition coefficient (Wildman–Crippen LogP) is 5.25. The molecule has 3 N–H and O–H groups in total. The summed E-state index contributed by atoms with van der Waals surface area (Å²) in [6.45, 7) is 10.3. The third-order valence-corrected chi connectivity index (χ3v) is 8.99. The molecule has 0 bridgehead atoms. The fraction of sp³-hybridized carbons (Fsp3) is 0.517. The highest BCUT2D eigenvalue weighted by molar-refractivity contribution is 6.31. The van der Waals surface area contributed by atoms with Crippen molar-refractivity contribution in [1.82, 2.24) is 10.2 Å². The summed E-state index contributed by atoms with van der Waals surface area (Å²) in [7, 11) is 0. The zero-order chi connectivity index (χ0) is 27.8. The van der Waals surface area contributed by atoms with E-state index in [0.717, 1.165) is 0 Å². The molecular weight excluding hydrogens is 528 g/mol. The number of rotatable bonds is 4. The van der Waals surface area contributed by atoms with Crippen LogP contribution in [0.15, 0.2) is 36.4 Å². The molecule has 1 spiro atoms. The van der Waals surface area contributed by atoms with Crippen molar-refractivity contribution in [3.05, 3.63) is 63.4 Å². The van der Waals surface area contributed by atoms with Gasteiger partial charge in [0.05, 0.1) is 16.7 Å². The van der Waals surface area contributed by atoms with Crippen LogP contribution in [0.1, 0.15) is 64.5 Å². The van der Waals surface area contributed by atoms with Gasteiger partial charge in [-0.15, -0.1) is 0 Å². The van der Waals surface area contributed by atoms with Gasteiger partial charge >= 0.3 is 0 Å². The van der Waals surface area contributed by atoms with Gasteiger partial charge in [-0.1, -0.05) is 69.1 Å². The number of aliphatic hydroxyl groups is 1. The first-order valence-electron chi connectivity index (χ1n) is 13.1. The maximum absolute atomic E-state index is 15.9. The van der Waals surface area contributed by atoms with Crippen molar-refractivity contribution in [1.29, 1.82) is 0 Å². The zero-order valence-corrected chi connectivity index (χ0v) is 23.8. The number of benzene rings is 2. The van der Waals surface area contributed by atoms with E-state index in [0.29, 0.717) is 35.7 Å². The lowest BCUT2D eigenvalue weighted by Gasteiger charge is -2.44. The first-order valence-corrected chi connectivity index (χ1v) is 13.8. The average molecular weight is 563 g/mol. The van der Waals surface area contributed by atoms with Crippen LogP contribution in [0.2, 0.25) is 10.0 Å². The van der Waals surface area contributed by atoms with Crippen molar-refractivity contribution in [3.63, 3.8) is 0 Å². The minimum Gasteiger partial charge on any atom is -0.390 e. The SMILES string of the molecule is CCN1[C@@H](C(=O)NC2CC(C)(O)C2)[C@H](c2cccc(Cl)c2F)C2(C(=O)Nc3cc(Cl)ccc32)[C@@H]1C(C)(C)C. The Morgan fingerprint density at radius 3 is 2.53 bits per heavy atom. The summed E-state index contributed by atoms with van der Waals surface area (Å²) in [5.74, 6) is -2.10. The molecule has 38 heavy (non-hydrogen) atoms. The number of halogens is 3. The number of carbonyl (C=O) groups excluding carboxylic acids is 2. The van der Waals surface area contributed by atoms with Gasteiger partial charge in [0.15, 0.2) is 0 Å². The Labute approximate surface area is 232 Å². The molecule has 1 saturated heterocycles. The first kappa shape index (κ1) is 27.4. The molecule has 1 unspecified atom stereocenters. The Morgan fingerprint density at radius 2 is 1.92 bits per heavy atom. The van der Waals surface area contributed by atoms with Crippen molar-refractivity contribution in [2.24, 2.45) is 5.41 Å². The van der Waals surface area contributed by atoms with Gasteiger partial charge in [-0.25, -0.2) is 4.39 Å². The summed E-state index contributed by atoms with van der Waals surface area (Å²) in [5, 5.41) is 16.8. The van der Waals surface area contributed by atoms with Crippen LogP contribution < -0.4 is 10.6 Å². The average Bonchev–Trinajstić information content (AvgIpc) is 3.26. The van der Waals surface area contributed by atoms with Gasteiger partial charge in [0, 0.05) is 28.7 Å². The van der Waals surface area contributed by atoms with Gasteiger partial charge in [-0.2, -0.15) is 0 Å². The highest BCUT2D eigenvalue weighted by atomic mass is 35.5. The molecule has 2 aromatic carbocycles. The van der Waals surface area contributed by atoms with E-state index in [1.54, 1.807) is 31.2 Å². The monoisotopic (exact) mass is 561 g/mol. The quantitative estimate of drug-likeness (QED) is 0.476. The Hall–Kier alpha value is -2.19. The molecule has 2 aromatic rings. The Bertz CT molecular complexity index is 1300. The van der Waals surface area contributed by atoms with Crippen molar-refractivity contribution in [3.8, 4) is 0 Å². The standard InChI is InChI=1S/C29H34Cl2FN3O3/c1-6-35-23(24(36)33-16-13-28(5,38)14-16)21(17-8-7-9-19(31)22(17)32)29(25(35)27(2,3)4)18-11-10-15(30)12-20(18)34-26(29)37/h7-12,16,21,23,25,38H,6,13-14H2,1-5H3,(H,33,36)(H,34,37)/t16?,21-,23+,25-,28?,29?/m0/s1. The lowest BCUT2D eigenvalue weighted by molar-refractivity contribution is -0.130. The van der Waals surface area contributed by atoms with Crippen LogP contribution in [0, 0.1) is 11.2 Å². The van der Waals surface area contributed by atoms with E-state index in [9.17, 15) is 14.7 Å². The zero-order valence-electron chi connectivity index (χ0n) is 22.2. The Kier molecular flexibility index (Phi) is 6.62. The van der Waals surface area contributed by atoms with Crippen molar-refractivity contribution in [2.45, 2.75) is 82.5 Å². The molecule has 9 heteroatoms. The summed E-state index contributed by atoms with van der Waals surface area (Å²) in [6, 6.07) is 8.47. The third-order valence-electron chi connectivity index (χ3n) is 8.47. The van der Waals surface area contributed by atoms with E-state index in [1.165, 1.54) is 6.07 Å². The molecule has 2 fully saturated rings. The summed E-state index contributed by atoms with van der Waals surface area (Å²) in [4.78, 5) is 30.5. The highest BCUT2D eigenvalue weighted by Crippen LogP contribution is 2.61. The summed E-state index contributed by atoms with van der Waals surface area (Å²) in [5.41, 5.74) is -1.13. The Balaban J connectivity index is 1.77.